The Balaban J connectivity index is 4.28. The predicted molar refractivity (Wildman–Crippen MR) is 47.5 cm³/mol. The van der Waals surface area contributed by atoms with E-state index in [1.165, 1.54) is 0 Å². The highest BCUT2D eigenvalue weighted by Gasteiger charge is 2.34. The summed E-state index contributed by atoms with van der Waals surface area (Å²) in [7, 11) is 0. The van der Waals surface area contributed by atoms with Gasteiger partial charge in [-0.3, -0.25) is 4.79 Å². The normalized spacial score (nSPS) is 13.5. The molecule has 0 rings (SSSR count). The highest BCUT2D eigenvalue weighted by Crippen LogP contribution is 2.30. The summed E-state index contributed by atoms with van der Waals surface area (Å²) < 4.78 is 25.7. The van der Waals surface area contributed by atoms with Crippen LogP contribution in [0.3, 0.4) is 0 Å². The summed E-state index contributed by atoms with van der Waals surface area (Å²) in [5.41, 5.74) is 0. The molecule has 0 aromatic rings. The second-order valence-electron chi connectivity index (χ2n) is 3.21. The molecule has 0 saturated heterocycles. The molecule has 0 aliphatic rings. The lowest BCUT2D eigenvalue weighted by Gasteiger charge is -2.21. The molecule has 0 spiro atoms. The van der Waals surface area contributed by atoms with Gasteiger partial charge in [0.1, 0.15) is 0 Å². The summed E-state index contributed by atoms with van der Waals surface area (Å²) in [4.78, 5) is 10.8. The lowest BCUT2D eigenvalue weighted by Crippen LogP contribution is -2.26. The molecule has 0 aromatic heterocycles. The van der Waals surface area contributed by atoms with E-state index in [4.69, 9.17) is 6.42 Å². The number of carbonyl (C=O) groups excluding carboxylic acids is 1. The molecule has 0 heterocycles. The summed E-state index contributed by atoms with van der Waals surface area (Å²) in [6.45, 7) is 2.64. The fraction of sp³-hybridized carbons (Fsp3) is 0.700. The molecule has 0 aliphatic carbocycles. The lowest BCUT2D eigenvalue weighted by molar-refractivity contribution is -0.119. The Labute approximate surface area is 77.5 Å². The van der Waals surface area contributed by atoms with Gasteiger partial charge in [-0.2, -0.15) is 0 Å². The first-order valence-corrected chi connectivity index (χ1v) is 4.29. The van der Waals surface area contributed by atoms with Gasteiger partial charge in [-0.15, -0.1) is 6.42 Å². The van der Waals surface area contributed by atoms with Crippen molar-refractivity contribution in [3.05, 3.63) is 0 Å². The average molecular weight is 188 g/mol. The van der Waals surface area contributed by atoms with E-state index in [0.29, 0.717) is 12.8 Å². The number of hydrogen-bond donors (Lipinski definition) is 0. The Morgan fingerprint density at radius 3 is 2.46 bits per heavy atom. The summed E-state index contributed by atoms with van der Waals surface area (Å²) in [5, 5.41) is 0. The van der Waals surface area contributed by atoms with Crippen molar-refractivity contribution < 1.29 is 13.6 Å². The number of carbonyl (C=O) groups is 1. The van der Waals surface area contributed by atoms with E-state index in [9.17, 15) is 13.6 Å². The second kappa shape index (κ2) is 4.96. The molecule has 1 unspecified atom stereocenters. The van der Waals surface area contributed by atoms with Gasteiger partial charge in [-0.1, -0.05) is 13.3 Å². The van der Waals surface area contributed by atoms with E-state index in [-0.39, 0.29) is 6.42 Å². The van der Waals surface area contributed by atoms with Gasteiger partial charge in [0.2, 0.25) is 11.7 Å². The van der Waals surface area contributed by atoms with E-state index in [1.54, 1.807) is 6.92 Å². The zero-order valence-corrected chi connectivity index (χ0v) is 7.94. The van der Waals surface area contributed by atoms with Gasteiger partial charge in [0.15, 0.2) is 0 Å². The second-order valence-corrected chi connectivity index (χ2v) is 3.21. The molecule has 0 radical (unpaired) electrons. The number of rotatable bonds is 5. The summed E-state index contributed by atoms with van der Waals surface area (Å²) in [6, 6.07) is 0. The number of hydrogen-bond acceptors (Lipinski definition) is 1. The molecule has 0 fully saturated rings. The Hall–Kier alpha value is -0.910. The van der Waals surface area contributed by atoms with Crippen molar-refractivity contribution in [2.45, 2.75) is 39.0 Å². The van der Waals surface area contributed by atoms with E-state index < -0.39 is 17.6 Å². The average Bonchev–Trinajstić information content (AvgIpc) is 2.01. The standard InChI is InChI=1S/C10H14F2O/c1-4-6-8(10(3,11)12)7-9(13)5-2/h2,8H,4,6-7H2,1,3H3. The first-order chi connectivity index (χ1) is 5.91. The predicted octanol–water partition coefficient (Wildman–Crippen LogP) is 2.65. The molecular formula is C10H14F2O. The van der Waals surface area contributed by atoms with Crippen LogP contribution in [0.2, 0.25) is 0 Å². The SMILES string of the molecule is C#CC(=O)CC(CCC)C(C)(F)F. The van der Waals surface area contributed by atoms with Crippen LogP contribution in [0.4, 0.5) is 8.78 Å². The molecule has 0 bridgehead atoms. The maximum atomic E-state index is 12.8. The van der Waals surface area contributed by atoms with Crippen LogP contribution >= 0.6 is 0 Å². The van der Waals surface area contributed by atoms with Crippen LogP contribution in [0, 0.1) is 18.3 Å². The van der Waals surface area contributed by atoms with Crippen molar-refractivity contribution in [1.82, 2.24) is 0 Å². The maximum absolute atomic E-state index is 12.8. The smallest absolute Gasteiger partial charge is 0.248 e. The summed E-state index contributed by atoms with van der Waals surface area (Å²) >= 11 is 0. The Bertz CT molecular complexity index is 210. The Morgan fingerprint density at radius 2 is 2.15 bits per heavy atom. The number of alkyl halides is 2. The topological polar surface area (TPSA) is 17.1 Å². The van der Waals surface area contributed by atoms with Gasteiger partial charge in [0, 0.05) is 12.3 Å². The third-order valence-corrected chi connectivity index (χ3v) is 1.95. The fourth-order valence-electron chi connectivity index (χ4n) is 1.17. The molecule has 1 atom stereocenters. The zero-order valence-electron chi connectivity index (χ0n) is 7.94. The third kappa shape index (κ3) is 4.62. The highest BCUT2D eigenvalue weighted by molar-refractivity contribution is 5.95. The van der Waals surface area contributed by atoms with E-state index in [2.05, 4.69) is 0 Å². The minimum atomic E-state index is -2.82. The first-order valence-electron chi connectivity index (χ1n) is 4.29. The molecule has 3 heteroatoms. The van der Waals surface area contributed by atoms with Crippen molar-refractivity contribution in [2.24, 2.45) is 5.92 Å². The number of terminal acetylenes is 1. The van der Waals surface area contributed by atoms with Gasteiger partial charge < -0.3 is 0 Å². The summed E-state index contributed by atoms with van der Waals surface area (Å²) in [5.74, 6) is -2.42. The van der Waals surface area contributed by atoms with Crippen molar-refractivity contribution >= 4 is 5.78 Å². The largest absolute Gasteiger partial charge is 0.285 e. The molecule has 0 amide bonds. The van der Waals surface area contributed by atoms with Crippen LogP contribution < -0.4 is 0 Å². The number of halogens is 2. The van der Waals surface area contributed by atoms with Gasteiger partial charge >= 0.3 is 0 Å². The van der Waals surface area contributed by atoms with Crippen molar-refractivity contribution in [2.75, 3.05) is 0 Å². The number of Topliss-reactive ketones (excluding diaryl/α,β-unsaturated/α-hetero) is 1. The Kier molecular flexibility index (Phi) is 4.61. The third-order valence-electron chi connectivity index (χ3n) is 1.95. The van der Waals surface area contributed by atoms with E-state index in [1.807, 2.05) is 5.92 Å². The van der Waals surface area contributed by atoms with Crippen molar-refractivity contribution in [3.8, 4) is 12.3 Å². The van der Waals surface area contributed by atoms with Crippen LogP contribution in [0.25, 0.3) is 0 Å². The Morgan fingerprint density at radius 1 is 1.62 bits per heavy atom. The highest BCUT2D eigenvalue weighted by atomic mass is 19.3. The summed E-state index contributed by atoms with van der Waals surface area (Å²) in [6.07, 6.45) is 5.56. The molecule has 74 valence electrons. The monoisotopic (exact) mass is 188 g/mol. The van der Waals surface area contributed by atoms with Gasteiger partial charge in [-0.25, -0.2) is 8.78 Å². The molecule has 0 aliphatic heterocycles. The molecule has 0 saturated carbocycles. The first kappa shape index (κ1) is 12.1. The van der Waals surface area contributed by atoms with Crippen molar-refractivity contribution in [3.63, 3.8) is 0 Å². The number of ketones is 1. The van der Waals surface area contributed by atoms with E-state index >= 15 is 0 Å². The minimum absolute atomic E-state index is 0.214. The molecule has 0 aromatic carbocycles. The van der Waals surface area contributed by atoms with Crippen LogP contribution in [-0.4, -0.2) is 11.7 Å². The maximum Gasteiger partial charge on any atom is 0.248 e. The van der Waals surface area contributed by atoms with Crippen LogP contribution in [0.1, 0.15) is 33.1 Å². The molecule has 0 N–H and O–H groups in total. The van der Waals surface area contributed by atoms with Crippen molar-refractivity contribution in [1.29, 1.82) is 0 Å². The molecule has 13 heavy (non-hydrogen) atoms. The van der Waals surface area contributed by atoms with E-state index in [0.717, 1.165) is 6.92 Å². The fourth-order valence-corrected chi connectivity index (χ4v) is 1.17. The molecule has 1 nitrogen and oxygen atoms in total. The van der Waals surface area contributed by atoms with Gasteiger partial charge in [-0.05, 0) is 19.3 Å². The lowest BCUT2D eigenvalue weighted by atomic mass is 9.92. The molecular weight excluding hydrogens is 174 g/mol. The zero-order chi connectivity index (χ0) is 10.5. The van der Waals surface area contributed by atoms with Crippen LogP contribution in [0.15, 0.2) is 0 Å². The minimum Gasteiger partial charge on any atom is -0.285 e. The quantitative estimate of drug-likeness (QED) is 0.479. The van der Waals surface area contributed by atoms with Crippen LogP contribution in [-0.2, 0) is 4.79 Å². The van der Waals surface area contributed by atoms with Gasteiger partial charge in [0.25, 0.3) is 0 Å². The van der Waals surface area contributed by atoms with Crippen LogP contribution in [0.5, 0.6) is 0 Å². The van der Waals surface area contributed by atoms with Gasteiger partial charge in [0.05, 0.1) is 0 Å².